The van der Waals surface area contributed by atoms with E-state index in [0.29, 0.717) is 0 Å². The summed E-state index contributed by atoms with van der Waals surface area (Å²) >= 11 is 4.75. The second-order valence-electron chi connectivity index (χ2n) is 11.6. The fourth-order valence-electron chi connectivity index (χ4n) is 5.61. The fraction of sp³-hybridized carbons (Fsp3) is 0.314. The van der Waals surface area contributed by atoms with Crippen LogP contribution in [0, 0.1) is 0 Å². The normalized spacial score (nSPS) is 13.8. The maximum absolute atomic E-state index is 6.24. The van der Waals surface area contributed by atoms with Crippen LogP contribution in [0.2, 0.25) is 0 Å². The number of hydrogen-bond acceptors (Lipinski definition) is 9. The van der Waals surface area contributed by atoms with Crippen molar-refractivity contribution in [1.82, 2.24) is 0 Å². The maximum atomic E-state index is 6.24. The molecule has 6 rings (SSSR count). The number of fused-ring (bicyclic) bond motifs is 2. The Kier molecular flexibility index (Phi) is 15.4. The van der Waals surface area contributed by atoms with Gasteiger partial charge >= 0.3 is 34.5 Å². The summed E-state index contributed by atoms with van der Waals surface area (Å²) in [5.74, 6) is 4.87. The molecule has 8 nitrogen and oxygen atoms in total. The Hall–Kier alpha value is -1.99. The summed E-state index contributed by atoms with van der Waals surface area (Å²) in [6.45, 7) is 9.68. The van der Waals surface area contributed by atoms with Crippen LogP contribution in [-0.2, 0) is 15.1 Å². The minimum atomic E-state index is -0.709. The molecule has 0 saturated heterocycles. The molecule has 0 fully saturated rings. The van der Waals surface area contributed by atoms with Crippen LogP contribution >= 0.6 is 47.9 Å². The summed E-state index contributed by atoms with van der Waals surface area (Å²) in [5, 5.41) is 2.50. The van der Waals surface area contributed by atoms with Crippen molar-refractivity contribution in [2.75, 3.05) is 54.5 Å². The molecule has 0 saturated carbocycles. The van der Waals surface area contributed by atoms with Crippen molar-refractivity contribution in [3.8, 4) is 34.5 Å². The molecule has 0 amide bonds. The Morgan fingerprint density at radius 1 is 0.633 bits per heavy atom. The molecule has 4 aromatic carbocycles. The van der Waals surface area contributed by atoms with Crippen molar-refractivity contribution in [3.63, 3.8) is 0 Å². The third kappa shape index (κ3) is 9.67. The van der Waals surface area contributed by atoms with Crippen molar-refractivity contribution in [1.29, 1.82) is 0 Å². The van der Waals surface area contributed by atoms with Crippen molar-refractivity contribution < 1.29 is 43.6 Å². The Balaban J connectivity index is 0.000000211. The van der Waals surface area contributed by atoms with E-state index in [9.17, 15) is 0 Å². The zero-order chi connectivity index (χ0) is 35.7. The van der Waals surface area contributed by atoms with Crippen LogP contribution in [0.3, 0.4) is 0 Å². The van der Waals surface area contributed by atoms with Crippen molar-refractivity contribution in [2.45, 2.75) is 17.3 Å². The van der Waals surface area contributed by atoms with Gasteiger partial charge in [-0.05, 0) is 59.7 Å². The van der Waals surface area contributed by atoms with Gasteiger partial charge in [0.25, 0.3) is 0 Å². The third-order valence-corrected chi connectivity index (χ3v) is 11.7. The molecule has 2 unspecified atom stereocenters. The van der Waals surface area contributed by atoms with Gasteiger partial charge in [-0.3, -0.25) is 0 Å². The first-order valence-electron chi connectivity index (χ1n) is 15.3. The molecular formula is C35H44Cl2N2O6P2RuS+4. The fourth-order valence-corrected chi connectivity index (χ4v) is 8.80. The van der Waals surface area contributed by atoms with E-state index in [0.717, 1.165) is 56.8 Å². The molecule has 2 atom stereocenters. The zero-order valence-electron chi connectivity index (χ0n) is 28.2. The van der Waals surface area contributed by atoms with Gasteiger partial charge in [0.15, 0.2) is 23.0 Å². The Labute approximate surface area is 313 Å². The predicted octanol–water partition coefficient (Wildman–Crippen LogP) is 7.14. The molecule has 0 spiro atoms. The molecule has 49 heavy (non-hydrogen) atoms. The summed E-state index contributed by atoms with van der Waals surface area (Å²) < 4.78 is 33.3. The monoisotopic (exact) mass is 854 g/mol. The molecule has 4 aromatic rings. The number of nitrogens with two attached hydrogens (primary N) is 2. The molecule has 2 heterocycles. The Morgan fingerprint density at radius 3 is 1.29 bits per heavy atom. The first-order chi connectivity index (χ1) is 23.6. The average molecular weight is 855 g/mol. The zero-order valence-corrected chi connectivity index (χ0v) is 34.4. The second-order valence-corrected chi connectivity index (χ2v) is 19.8. The summed E-state index contributed by atoms with van der Waals surface area (Å²) in [7, 11) is 11.6. The van der Waals surface area contributed by atoms with Crippen LogP contribution in [0.1, 0.15) is 39.6 Å². The van der Waals surface area contributed by atoms with Gasteiger partial charge in [-0.15, -0.1) is 0 Å². The molecule has 0 radical (unpaired) electrons. The summed E-state index contributed by atoms with van der Waals surface area (Å²) in [6, 6.07) is 23.1. The van der Waals surface area contributed by atoms with Gasteiger partial charge in [0.1, 0.15) is 11.5 Å². The van der Waals surface area contributed by atoms with Crippen LogP contribution in [0.25, 0.3) is 0 Å². The van der Waals surface area contributed by atoms with Gasteiger partial charge in [-0.2, -0.15) is 12.6 Å². The van der Waals surface area contributed by atoms with Gasteiger partial charge in [-0.25, -0.2) is 0 Å². The summed E-state index contributed by atoms with van der Waals surface area (Å²) in [6.07, 6.45) is 0. The number of thiol groups is 1. The third-order valence-electron chi connectivity index (χ3n) is 8.17. The van der Waals surface area contributed by atoms with E-state index in [1.54, 1.807) is 14.2 Å². The molecule has 2 aliphatic rings. The van der Waals surface area contributed by atoms with Gasteiger partial charge in [-0.1, -0.05) is 24.3 Å². The van der Waals surface area contributed by atoms with E-state index < -0.39 is 15.8 Å². The van der Waals surface area contributed by atoms with Gasteiger partial charge < -0.3 is 39.9 Å². The SMILES string of the molecule is COc1ccc(C(N)C(N)c2ccc(OC)cc2)cc1.C[PH+](C)c1ccc2c(c1C(S)c1c([PH+](C)C)ccc3c1OCO3)OCO2.[Cl][Ru+2][Cl]. The molecule has 0 aromatic heterocycles. The predicted molar refractivity (Wildman–Crippen MR) is 207 cm³/mol. The number of benzene rings is 4. The summed E-state index contributed by atoms with van der Waals surface area (Å²) in [5.41, 5.74) is 16.7. The topological polar surface area (TPSA) is 107 Å². The number of methoxy groups -OCH3 is 2. The standard InChI is InChI=1S/C19H22O4P2S.C16H20N2O2.2ClH.Ru/c1-24(2)13-7-5-11-17(22-9-20-11)15(13)19(26)16-14(25(3)4)8-6-12-18(16)23-10-21-12;1-19-13-7-3-11(4-8-13)15(17)16(18)12-5-9-14(20-2)10-6-12;;;/h5-8,19,26H,9-10H2,1-4H3;3-10,15-16H,17-18H2,1-2H3;2*1H;/q;;;;+4. The molecule has 0 bridgehead atoms. The van der Waals surface area contributed by atoms with Gasteiger partial charge in [0, 0.05) is 27.9 Å². The van der Waals surface area contributed by atoms with Crippen molar-refractivity contribution in [3.05, 3.63) is 95.1 Å². The first-order valence-corrected chi connectivity index (χ1v) is 25.3. The van der Waals surface area contributed by atoms with E-state index in [1.165, 1.54) is 10.6 Å². The molecule has 2 aliphatic heterocycles. The molecular weight excluding hydrogens is 810 g/mol. The number of halogens is 2. The van der Waals surface area contributed by atoms with E-state index in [-0.39, 0.29) is 46.1 Å². The van der Waals surface area contributed by atoms with Gasteiger partial charge in [0.2, 0.25) is 13.6 Å². The second kappa shape index (κ2) is 19.0. The molecule has 264 valence electrons. The van der Waals surface area contributed by atoms with Crippen LogP contribution in [0.15, 0.2) is 72.8 Å². The van der Waals surface area contributed by atoms with E-state index in [4.69, 9.17) is 71.9 Å². The van der Waals surface area contributed by atoms with Crippen molar-refractivity contribution in [2.24, 2.45) is 11.5 Å². The minimum absolute atomic E-state index is 0.145. The Morgan fingerprint density at radius 2 is 0.980 bits per heavy atom. The van der Waals surface area contributed by atoms with Crippen LogP contribution in [0.5, 0.6) is 34.5 Å². The van der Waals surface area contributed by atoms with E-state index in [2.05, 4.69) is 38.8 Å². The number of hydrogen-bond donors (Lipinski definition) is 3. The average Bonchev–Trinajstić information content (AvgIpc) is 3.80. The van der Waals surface area contributed by atoms with E-state index >= 15 is 0 Å². The first kappa shape index (κ1) is 39.8. The Bertz CT molecular complexity index is 1550. The molecule has 14 heteroatoms. The van der Waals surface area contributed by atoms with Crippen LogP contribution < -0.4 is 50.5 Å². The number of ether oxygens (including phenoxy) is 6. The quantitative estimate of drug-likeness (QED) is 0.0928. The molecule has 4 N–H and O–H groups in total. The number of rotatable bonds is 9. The van der Waals surface area contributed by atoms with Gasteiger partial charge in [0.05, 0.1) is 67.9 Å². The van der Waals surface area contributed by atoms with Crippen molar-refractivity contribution >= 4 is 58.5 Å². The molecule has 0 aliphatic carbocycles. The van der Waals surface area contributed by atoms with Crippen LogP contribution in [-0.4, -0.2) is 54.5 Å². The van der Waals surface area contributed by atoms with Crippen LogP contribution in [0.4, 0.5) is 0 Å². The van der Waals surface area contributed by atoms with E-state index in [1.807, 2.05) is 60.7 Å². The summed E-state index contributed by atoms with van der Waals surface area (Å²) in [4.78, 5) is 0.